The van der Waals surface area contributed by atoms with Crippen LogP contribution in [-0.2, 0) is 66.7 Å². The number of ether oxygens (including phenoxy) is 7. The van der Waals surface area contributed by atoms with Crippen molar-refractivity contribution in [2.24, 2.45) is 10.8 Å². The first-order valence-electron chi connectivity index (χ1n) is 19.0. The lowest BCUT2D eigenvalue weighted by molar-refractivity contribution is -0.165. The Morgan fingerprint density at radius 2 is 0.727 bits per heavy atom. The molecule has 0 unspecified atom stereocenters. The molecule has 0 N–H and O–H groups in total. The third-order valence-corrected chi connectivity index (χ3v) is 7.81. The molecule has 0 rings (SSSR count). The molecule has 0 radical (unpaired) electrons. The van der Waals surface area contributed by atoms with E-state index in [1.165, 1.54) is 0 Å². The van der Waals surface area contributed by atoms with Crippen molar-refractivity contribution < 1.29 is 66.7 Å². The maximum absolute atomic E-state index is 12.8. The number of carbonyl (C=O) groups is 7. The molecule has 14 heteroatoms. The van der Waals surface area contributed by atoms with Gasteiger partial charge in [-0.15, -0.1) is 0 Å². The van der Waals surface area contributed by atoms with Gasteiger partial charge in [-0.1, -0.05) is 34.4 Å². The second-order valence-corrected chi connectivity index (χ2v) is 14.4. The van der Waals surface area contributed by atoms with Crippen molar-refractivity contribution in [3.8, 4) is 0 Å². The van der Waals surface area contributed by atoms with Gasteiger partial charge in [-0.25, -0.2) is 9.59 Å². The molecule has 0 aliphatic heterocycles. The summed E-state index contributed by atoms with van der Waals surface area (Å²) in [7, 11) is 0. The molecule has 0 saturated heterocycles. The molecule has 0 aromatic carbocycles. The SMILES string of the molecule is C.C=CC(=O)OCCCCCC(=O)OCCCCCC(=O)OCC(C)(C)COC(=O)C(C)(C)COC(=O)CCCCCOC(=O)CCCCCOC(=O)C=C. The molecule has 0 saturated carbocycles. The largest absolute Gasteiger partial charge is 0.466 e. The van der Waals surface area contributed by atoms with Crippen molar-refractivity contribution in [3.05, 3.63) is 25.3 Å². The van der Waals surface area contributed by atoms with Crippen LogP contribution in [0.25, 0.3) is 0 Å². The van der Waals surface area contributed by atoms with Gasteiger partial charge in [0.05, 0.1) is 45.1 Å². The summed E-state index contributed by atoms with van der Waals surface area (Å²) < 4.78 is 36.4. The lowest BCUT2D eigenvalue weighted by Crippen LogP contribution is -2.36. The number of carbonyl (C=O) groups excluding carboxylic acids is 7. The third-order valence-electron chi connectivity index (χ3n) is 7.81. The van der Waals surface area contributed by atoms with Crippen LogP contribution < -0.4 is 0 Å². The van der Waals surface area contributed by atoms with E-state index in [1.54, 1.807) is 13.8 Å². The van der Waals surface area contributed by atoms with Crippen LogP contribution in [0.2, 0.25) is 0 Å². The van der Waals surface area contributed by atoms with Crippen molar-refractivity contribution >= 4 is 41.8 Å². The Balaban J connectivity index is 0. The normalized spacial score (nSPS) is 10.9. The van der Waals surface area contributed by atoms with Gasteiger partial charge in [0.2, 0.25) is 0 Å². The van der Waals surface area contributed by atoms with Crippen LogP contribution in [0.3, 0.4) is 0 Å². The Morgan fingerprint density at radius 3 is 1.09 bits per heavy atom. The standard InChI is InChI=1S/C40H64O14.CH4/c1-7-32(41)48-25-17-9-13-21-34(43)50-27-19-11-15-23-36(45)52-29-39(3,4)30-54-38(47)40(5,6)31-53-37(46)24-16-12-20-28-51-35(44)22-14-10-18-26-49-33(42)8-2;/h7-8H,1-2,9-31H2,3-6H3;1H4. The molecular formula is C41H68O14. The monoisotopic (exact) mass is 784 g/mol. The predicted molar refractivity (Wildman–Crippen MR) is 205 cm³/mol. The van der Waals surface area contributed by atoms with E-state index in [0.717, 1.165) is 25.0 Å². The van der Waals surface area contributed by atoms with E-state index in [-0.39, 0.29) is 71.2 Å². The number of esters is 7. The fourth-order valence-electron chi connectivity index (χ4n) is 4.41. The Labute approximate surface area is 328 Å². The van der Waals surface area contributed by atoms with E-state index in [9.17, 15) is 33.6 Å². The van der Waals surface area contributed by atoms with Crippen molar-refractivity contribution in [1.82, 2.24) is 0 Å². The predicted octanol–water partition coefficient (Wildman–Crippen LogP) is 7.09. The molecule has 0 aliphatic rings. The summed E-state index contributed by atoms with van der Waals surface area (Å²) in [6.07, 6.45) is 11.0. The quantitative estimate of drug-likeness (QED) is 0.0284. The van der Waals surface area contributed by atoms with E-state index in [4.69, 9.17) is 33.2 Å². The molecule has 0 aliphatic carbocycles. The molecule has 0 aromatic rings. The average molecular weight is 785 g/mol. The molecule has 0 aromatic heterocycles. The molecule has 0 spiro atoms. The molecule has 0 fully saturated rings. The summed E-state index contributed by atoms with van der Waals surface area (Å²) in [5.41, 5.74) is -1.72. The maximum Gasteiger partial charge on any atom is 0.330 e. The van der Waals surface area contributed by atoms with Crippen LogP contribution in [0, 0.1) is 10.8 Å². The second-order valence-electron chi connectivity index (χ2n) is 14.4. The highest BCUT2D eigenvalue weighted by Crippen LogP contribution is 2.23. The zero-order valence-electron chi connectivity index (χ0n) is 33.0. The third kappa shape index (κ3) is 31.8. The summed E-state index contributed by atoms with van der Waals surface area (Å²) in [4.78, 5) is 82.8. The van der Waals surface area contributed by atoms with Crippen LogP contribution in [0.4, 0.5) is 0 Å². The van der Waals surface area contributed by atoms with E-state index in [0.29, 0.717) is 90.3 Å². The first-order valence-corrected chi connectivity index (χ1v) is 19.0. The summed E-state index contributed by atoms with van der Waals surface area (Å²) in [5, 5.41) is 0. The van der Waals surface area contributed by atoms with Crippen molar-refractivity contribution in [1.29, 1.82) is 0 Å². The smallest absolute Gasteiger partial charge is 0.330 e. The van der Waals surface area contributed by atoms with Crippen LogP contribution in [-0.4, -0.2) is 88.0 Å². The van der Waals surface area contributed by atoms with Crippen molar-refractivity contribution in [2.75, 3.05) is 46.2 Å². The van der Waals surface area contributed by atoms with Gasteiger partial charge in [-0.3, -0.25) is 24.0 Å². The number of hydrogen-bond donors (Lipinski definition) is 0. The molecule has 0 bridgehead atoms. The molecule has 55 heavy (non-hydrogen) atoms. The minimum absolute atomic E-state index is 0. The van der Waals surface area contributed by atoms with Gasteiger partial charge in [0.15, 0.2) is 0 Å². The van der Waals surface area contributed by atoms with Crippen LogP contribution >= 0.6 is 0 Å². The van der Waals surface area contributed by atoms with Crippen LogP contribution in [0.5, 0.6) is 0 Å². The average Bonchev–Trinajstić information content (AvgIpc) is 3.14. The zero-order valence-corrected chi connectivity index (χ0v) is 33.0. The minimum atomic E-state index is -1.08. The van der Waals surface area contributed by atoms with Crippen molar-refractivity contribution in [2.45, 2.75) is 138 Å². The fraction of sp³-hybridized carbons (Fsp3) is 0.732. The van der Waals surface area contributed by atoms with Gasteiger partial charge in [0.1, 0.15) is 6.61 Å². The van der Waals surface area contributed by atoms with Crippen molar-refractivity contribution in [3.63, 3.8) is 0 Å². The Kier molecular flexibility index (Phi) is 30.8. The first kappa shape index (κ1) is 52.9. The Morgan fingerprint density at radius 1 is 0.418 bits per heavy atom. The first-order chi connectivity index (χ1) is 25.6. The van der Waals surface area contributed by atoms with Gasteiger partial charge in [0, 0.05) is 43.3 Å². The lowest BCUT2D eigenvalue weighted by atomic mass is 9.93. The molecule has 0 heterocycles. The van der Waals surface area contributed by atoms with E-state index in [1.807, 2.05) is 13.8 Å². The minimum Gasteiger partial charge on any atom is -0.466 e. The Bertz CT molecular complexity index is 1170. The number of hydrogen-bond acceptors (Lipinski definition) is 14. The summed E-state index contributed by atoms with van der Waals surface area (Å²) in [6, 6.07) is 0. The summed E-state index contributed by atoms with van der Waals surface area (Å²) in [5.74, 6) is -2.84. The molecule has 14 nitrogen and oxygen atoms in total. The zero-order chi connectivity index (χ0) is 40.7. The Hall–Kier alpha value is -4.23. The van der Waals surface area contributed by atoms with Gasteiger partial charge < -0.3 is 33.2 Å². The van der Waals surface area contributed by atoms with E-state index < -0.39 is 34.7 Å². The molecule has 0 atom stereocenters. The highest BCUT2D eigenvalue weighted by Gasteiger charge is 2.33. The number of unbranched alkanes of at least 4 members (excludes halogenated alkanes) is 8. The summed E-state index contributed by atoms with van der Waals surface area (Å²) in [6.45, 7) is 14.5. The molecular weight excluding hydrogens is 716 g/mol. The lowest BCUT2D eigenvalue weighted by Gasteiger charge is -2.27. The van der Waals surface area contributed by atoms with E-state index in [2.05, 4.69) is 13.2 Å². The fourth-order valence-corrected chi connectivity index (χ4v) is 4.41. The molecule has 316 valence electrons. The highest BCUT2D eigenvalue weighted by atomic mass is 16.6. The summed E-state index contributed by atoms with van der Waals surface area (Å²) >= 11 is 0. The topological polar surface area (TPSA) is 184 Å². The van der Waals surface area contributed by atoms with Crippen LogP contribution in [0.1, 0.15) is 138 Å². The van der Waals surface area contributed by atoms with E-state index >= 15 is 0 Å². The highest BCUT2D eigenvalue weighted by molar-refractivity contribution is 5.81. The van der Waals surface area contributed by atoms with Gasteiger partial charge >= 0.3 is 41.8 Å². The molecule has 0 amide bonds. The second kappa shape index (κ2) is 32.1. The van der Waals surface area contributed by atoms with Gasteiger partial charge in [-0.2, -0.15) is 0 Å². The van der Waals surface area contributed by atoms with Crippen LogP contribution in [0.15, 0.2) is 25.3 Å². The van der Waals surface area contributed by atoms with Gasteiger partial charge in [-0.05, 0) is 90.9 Å². The number of rotatable bonds is 33. The maximum atomic E-state index is 12.8. The van der Waals surface area contributed by atoms with Gasteiger partial charge in [0.25, 0.3) is 0 Å².